The number of nitrogens with zero attached hydrogens (tertiary/aromatic N) is 1. The summed E-state index contributed by atoms with van der Waals surface area (Å²) in [6.07, 6.45) is 0.472. The molecule has 0 aliphatic carbocycles. The van der Waals surface area contributed by atoms with Crippen LogP contribution in [0.3, 0.4) is 0 Å². The molecule has 1 heterocycles. The first kappa shape index (κ1) is 20.3. The summed E-state index contributed by atoms with van der Waals surface area (Å²) in [5.74, 6) is -1.36. The zero-order chi connectivity index (χ0) is 20.8. The summed E-state index contributed by atoms with van der Waals surface area (Å²) < 4.78 is 4.71. The van der Waals surface area contributed by atoms with E-state index in [1.807, 2.05) is 30.3 Å². The summed E-state index contributed by atoms with van der Waals surface area (Å²) in [6.45, 7) is 0.159. The molecule has 2 aromatic rings. The van der Waals surface area contributed by atoms with E-state index in [-0.39, 0.29) is 37.1 Å². The highest BCUT2D eigenvalue weighted by atomic mass is 16.5. The fourth-order valence-electron chi connectivity index (χ4n) is 3.29. The van der Waals surface area contributed by atoms with Gasteiger partial charge in [-0.2, -0.15) is 0 Å². The Kier molecular flexibility index (Phi) is 6.39. The van der Waals surface area contributed by atoms with E-state index in [4.69, 9.17) is 4.74 Å². The van der Waals surface area contributed by atoms with Gasteiger partial charge in [0.25, 0.3) is 11.8 Å². The molecule has 1 unspecified atom stereocenters. The van der Waals surface area contributed by atoms with E-state index in [1.165, 1.54) is 12.0 Å². The standard InChI is InChI=1S/C22H22N2O5/c1-29-20(26)14-18(15-8-3-2-4-9-15)23-19(25)12-7-13-24-21(27)16-10-5-6-11-17(16)22(24)28/h2-6,8-11,18H,7,12-14H2,1H3,(H,23,25). The number of rotatable bonds is 8. The molecule has 0 saturated carbocycles. The third kappa shape index (κ3) is 4.68. The minimum atomic E-state index is -0.504. The van der Waals surface area contributed by atoms with Crippen LogP contribution in [0.15, 0.2) is 54.6 Å². The first-order valence-electron chi connectivity index (χ1n) is 9.37. The van der Waals surface area contributed by atoms with Crippen LogP contribution in [0, 0.1) is 0 Å². The molecule has 150 valence electrons. The Hall–Kier alpha value is -3.48. The molecule has 0 spiro atoms. The van der Waals surface area contributed by atoms with Gasteiger partial charge in [-0.1, -0.05) is 42.5 Å². The van der Waals surface area contributed by atoms with Crippen LogP contribution in [-0.2, 0) is 14.3 Å². The van der Waals surface area contributed by atoms with Crippen molar-refractivity contribution in [3.8, 4) is 0 Å². The van der Waals surface area contributed by atoms with Crippen molar-refractivity contribution in [2.45, 2.75) is 25.3 Å². The predicted octanol–water partition coefficient (Wildman–Crippen LogP) is 2.48. The van der Waals surface area contributed by atoms with Gasteiger partial charge in [-0.3, -0.25) is 24.1 Å². The van der Waals surface area contributed by atoms with Gasteiger partial charge in [-0.15, -0.1) is 0 Å². The third-order valence-corrected chi connectivity index (χ3v) is 4.80. The van der Waals surface area contributed by atoms with Gasteiger partial charge < -0.3 is 10.1 Å². The van der Waals surface area contributed by atoms with E-state index in [1.54, 1.807) is 24.3 Å². The fourth-order valence-corrected chi connectivity index (χ4v) is 3.29. The van der Waals surface area contributed by atoms with E-state index in [9.17, 15) is 19.2 Å². The minimum absolute atomic E-state index is 0.0185. The largest absolute Gasteiger partial charge is 0.469 e. The lowest BCUT2D eigenvalue weighted by atomic mass is 10.0. The Balaban J connectivity index is 1.55. The number of esters is 1. The van der Waals surface area contributed by atoms with Gasteiger partial charge in [0.1, 0.15) is 0 Å². The van der Waals surface area contributed by atoms with Crippen molar-refractivity contribution < 1.29 is 23.9 Å². The second-order valence-electron chi connectivity index (χ2n) is 6.72. The molecule has 3 rings (SSSR count). The highest BCUT2D eigenvalue weighted by Gasteiger charge is 2.34. The number of imide groups is 1. The van der Waals surface area contributed by atoms with Crippen molar-refractivity contribution in [1.82, 2.24) is 10.2 Å². The number of hydrogen-bond donors (Lipinski definition) is 1. The summed E-state index contributed by atoms with van der Waals surface area (Å²) in [7, 11) is 1.30. The monoisotopic (exact) mass is 394 g/mol. The minimum Gasteiger partial charge on any atom is -0.469 e. The molecule has 0 bridgehead atoms. The lowest BCUT2D eigenvalue weighted by Gasteiger charge is -2.19. The van der Waals surface area contributed by atoms with Crippen LogP contribution in [0.1, 0.15) is 51.6 Å². The van der Waals surface area contributed by atoms with Gasteiger partial charge in [0.15, 0.2) is 0 Å². The highest BCUT2D eigenvalue weighted by Crippen LogP contribution is 2.23. The number of methoxy groups -OCH3 is 1. The van der Waals surface area contributed by atoms with E-state index in [0.29, 0.717) is 17.5 Å². The van der Waals surface area contributed by atoms with E-state index >= 15 is 0 Å². The molecule has 0 saturated heterocycles. The number of hydrogen-bond acceptors (Lipinski definition) is 5. The average Bonchev–Trinajstić information content (AvgIpc) is 2.99. The van der Waals surface area contributed by atoms with Crippen LogP contribution >= 0.6 is 0 Å². The average molecular weight is 394 g/mol. The molecular formula is C22H22N2O5. The summed E-state index contributed by atoms with van der Waals surface area (Å²) in [5.41, 5.74) is 1.58. The van der Waals surface area contributed by atoms with E-state index in [0.717, 1.165) is 5.56 Å². The number of benzene rings is 2. The van der Waals surface area contributed by atoms with E-state index in [2.05, 4.69) is 5.32 Å². The quantitative estimate of drug-likeness (QED) is 0.548. The SMILES string of the molecule is COC(=O)CC(NC(=O)CCCN1C(=O)c2ccccc2C1=O)c1ccccc1. The van der Waals surface area contributed by atoms with Crippen molar-refractivity contribution >= 4 is 23.7 Å². The highest BCUT2D eigenvalue weighted by molar-refractivity contribution is 6.21. The van der Waals surface area contributed by atoms with Gasteiger partial charge in [0, 0.05) is 13.0 Å². The Morgan fingerprint density at radius 2 is 1.55 bits per heavy atom. The smallest absolute Gasteiger partial charge is 0.307 e. The first-order chi connectivity index (χ1) is 14.0. The topological polar surface area (TPSA) is 92.8 Å². The molecule has 3 amide bonds. The predicted molar refractivity (Wildman–Crippen MR) is 105 cm³/mol. The number of amides is 3. The Morgan fingerprint density at radius 3 is 2.14 bits per heavy atom. The summed E-state index contributed by atoms with van der Waals surface area (Å²) in [6, 6.07) is 15.3. The molecule has 1 atom stereocenters. The maximum absolute atomic E-state index is 12.4. The number of fused-ring (bicyclic) bond motifs is 1. The van der Waals surface area contributed by atoms with Gasteiger partial charge in [0.2, 0.25) is 5.91 Å². The molecule has 0 fully saturated rings. The number of nitrogens with one attached hydrogen (secondary N) is 1. The maximum atomic E-state index is 12.4. The van der Waals surface area contributed by atoms with Crippen molar-refractivity contribution in [3.63, 3.8) is 0 Å². The molecule has 7 heteroatoms. The Morgan fingerprint density at radius 1 is 0.966 bits per heavy atom. The molecule has 0 radical (unpaired) electrons. The van der Waals surface area contributed by atoms with E-state index < -0.39 is 12.0 Å². The van der Waals surface area contributed by atoms with Crippen LogP contribution < -0.4 is 5.32 Å². The number of carbonyl (C=O) groups is 4. The van der Waals surface area contributed by atoms with Crippen LogP contribution in [-0.4, -0.2) is 42.2 Å². The number of ether oxygens (including phenoxy) is 1. The third-order valence-electron chi connectivity index (χ3n) is 4.80. The summed E-state index contributed by atoms with van der Waals surface area (Å²) in [4.78, 5) is 50.0. The molecule has 1 aliphatic heterocycles. The molecule has 7 nitrogen and oxygen atoms in total. The Labute approximate surface area is 168 Å². The zero-order valence-electron chi connectivity index (χ0n) is 16.1. The fraction of sp³-hybridized carbons (Fsp3) is 0.273. The van der Waals surface area contributed by atoms with Crippen LogP contribution in [0.5, 0.6) is 0 Å². The van der Waals surface area contributed by atoms with Gasteiger partial charge in [-0.25, -0.2) is 0 Å². The maximum Gasteiger partial charge on any atom is 0.307 e. The molecule has 1 aliphatic rings. The molecule has 29 heavy (non-hydrogen) atoms. The molecule has 0 aromatic heterocycles. The molecule has 2 aromatic carbocycles. The number of carbonyl (C=O) groups excluding carboxylic acids is 4. The van der Waals surface area contributed by atoms with Crippen LogP contribution in [0.4, 0.5) is 0 Å². The normalized spacial score (nSPS) is 13.8. The van der Waals surface area contributed by atoms with Crippen LogP contribution in [0.2, 0.25) is 0 Å². The van der Waals surface area contributed by atoms with Crippen LogP contribution in [0.25, 0.3) is 0 Å². The van der Waals surface area contributed by atoms with Crippen molar-refractivity contribution in [2.24, 2.45) is 0 Å². The summed E-state index contributed by atoms with van der Waals surface area (Å²) in [5, 5.41) is 2.84. The van der Waals surface area contributed by atoms with Crippen molar-refractivity contribution in [1.29, 1.82) is 0 Å². The van der Waals surface area contributed by atoms with Crippen molar-refractivity contribution in [3.05, 3.63) is 71.3 Å². The van der Waals surface area contributed by atoms with Gasteiger partial charge >= 0.3 is 5.97 Å². The lowest BCUT2D eigenvalue weighted by Crippen LogP contribution is -2.33. The Bertz CT molecular complexity index is 891. The first-order valence-corrected chi connectivity index (χ1v) is 9.37. The van der Waals surface area contributed by atoms with Gasteiger partial charge in [-0.05, 0) is 24.1 Å². The molecule has 1 N–H and O–H groups in total. The second-order valence-corrected chi connectivity index (χ2v) is 6.72. The van der Waals surface area contributed by atoms with Crippen molar-refractivity contribution in [2.75, 3.05) is 13.7 Å². The second kappa shape index (κ2) is 9.14. The summed E-state index contributed by atoms with van der Waals surface area (Å²) >= 11 is 0. The lowest BCUT2D eigenvalue weighted by molar-refractivity contribution is -0.141. The zero-order valence-corrected chi connectivity index (χ0v) is 16.1. The van der Waals surface area contributed by atoms with Gasteiger partial charge in [0.05, 0.1) is 30.7 Å². The molecular weight excluding hydrogens is 372 g/mol.